The van der Waals surface area contributed by atoms with Crippen LogP contribution in [0.25, 0.3) is 10.8 Å². The SMILES string of the molecule is CCNC(=O)N(Cc1ccccc1)NC(=O)[C@@H](Cc1ccc2ccccc2c1)N(C)C(=O)COC[C@@H]1CCCN1. The van der Waals surface area contributed by atoms with Crippen molar-refractivity contribution in [3.05, 3.63) is 83.9 Å². The quantitative estimate of drug-likeness (QED) is 0.321. The molecule has 0 aliphatic carbocycles. The molecular formula is C31H39N5O4. The third-order valence-electron chi connectivity index (χ3n) is 7.12. The molecule has 0 aromatic heterocycles. The minimum Gasteiger partial charge on any atom is -0.370 e. The van der Waals surface area contributed by atoms with Gasteiger partial charge in [-0.25, -0.2) is 9.80 Å². The van der Waals surface area contributed by atoms with Crippen LogP contribution in [0.2, 0.25) is 0 Å². The number of amides is 4. The number of nitrogens with one attached hydrogen (secondary N) is 3. The highest BCUT2D eigenvalue weighted by Crippen LogP contribution is 2.18. The zero-order chi connectivity index (χ0) is 28.3. The molecule has 40 heavy (non-hydrogen) atoms. The van der Waals surface area contributed by atoms with Gasteiger partial charge in [0.15, 0.2) is 0 Å². The highest BCUT2D eigenvalue weighted by atomic mass is 16.5. The Morgan fingerprint density at radius 1 is 1.00 bits per heavy atom. The first kappa shape index (κ1) is 29.0. The van der Waals surface area contributed by atoms with Crippen LogP contribution in [-0.2, 0) is 27.3 Å². The van der Waals surface area contributed by atoms with E-state index in [1.54, 1.807) is 7.05 Å². The van der Waals surface area contributed by atoms with E-state index >= 15 is 0 Å². The highest BCUT2D eigenvalue weighted by molar-refractivity contribution is 5.90. The summed E-state index contributed by atoms with van der Waals surface area (Å²) in [5.74, 6) is -0.754. The largest absolute Gasteiger partial charge is 0.370 e. The number of hydrazine groups is 1. The number of fused-ring (bicyclic) bond motifs is 1. The maximum Gasteiger partial charge on any atom is 0.336 e. The molecule has 0 spiro atoms. The van der Waals surface area contributed by atoms with Crippen molar-refractivity contribution < 1.29 is 19.1 Å². The molecule has 0 radical (unpaired) electrons. The van der Waals surface area contributed by atoms with Crippen LogP contribution in [0.5, 0.6) is 0 Å². The van der Waals surface area contributed by atoms with Crippen LogP contribution in [-0.4, -0.2) is 73.2 Å². The predicted molar refractivity (Wildman–Crippen MR) is 155 cm³/mol. The lowest BCUT2D eigenvalue weighted by Crippen LogP contribution is -2.57. The minimum atomic E-state index is -0.866. The van der Waals surface area contributed by atoms with Crippen LogP contribution < -0.4 is 16.1 Å². The number of carbonyl (C=O) groups excluding carboxylic acids is 3. The van der Waals surface area contributed by atoms with Gasteiger partial charge in [-0.1, -0.05) is 72.8 Å². The molecule has 1 saturated heterocycles. The second-order valence-electron chi connectivity index (χ2n) is 10.1. The molecule has 1 heterocycles. The fourth-order valence-electron chi connectivity index (χ4n) is 4.84. The molecule has 1 fully saturated rings. The summed E-state index contributed by atoms with van der Waals surface area (Å²) >= 11 is 0. The Hall–Kier alpha value is -3.95. The van der Waals surface area contributed by atoms with Gasteiger partial charge in [-0.05, 0) is 48.2 Å². The van der Waals surface area contributed by atoms with Crippen molar-refractivity contribution in [2.45, 2.75) is 44.8 Å². The van der Waals surface area contributed by atoms with Crippen LogP contribution in [0, 0.1) is 0 Å². The molecule has 212 valence electrons. The fourth-order valence-corrected chi connectivity index (χ4v) is 4.84. The van der Waals surface area contributed by atoms with Crippen molar-refractivity contribution in [3.8, 4) is 0 Å². The van der Waals surface area contributed by atoms with Gasteiger partial charge in [0.1, 0.15) is 12.6 Å². The molecule has 1 aliphatic rings. The Morgan fingerprint density at radius 3 is 2.48 bits per heavy atom. The zero-order valence-corrected chi connectivity index (χ0v) is 23.3. The van der Waals surface area contributed by atoms with E-state index in [0.717, 1.165) is 41.3 Å². The summed E-state index contributed by atoms with van der Waals surface area (Å²) in [4.78, 5) is 41.3. The third kappa shape index (κ3) is 8.03. The van der Waals surface area contributed by atoms with E-state index in [2.05, 4.69) is 16.1 Å². The van der Waals surface area contributed by atoms with Gasteiger partial charge in [0.25, 0.3) is 5.91 Å². The molecule has 1 aliphatic heterocycles. The van der Waals surface area contributed by atoms with Gasteiger partial charge in [-0.2, -0.15) is 0 Å². The lowest BCUT2D eigenvalue weighted by atomic mass is 10.0. The van der Waals surface area contributed by atoms with Crippen LogP contribution >= 0.6 is 0 Å². The average Bonchev–Trinajstić information content (AvgIpc) is 3.49. The monoisotopic (exact) mass is 545 g/mol. The van der Waals surface area contributed by atoms with Gasteiger partial charge in [0, 0.05) is 26.1 Å². The maximum atomic E-state index is 13.8. The van der Waals surface area contributed by atoms with Gasteiger partial charge in [-0.15, -0.1) is 0 Å². The molecule has 3 N–H and O–H groups in total. The van der Waals surface area contributed by atoms with E-state index in [1.165, 1.54) is 9.91 Å². The van der Waals surface area contributed by atoms with Crippen molar-refractivity contribution in [2.75, 3.05) is 33.4 Å². The lowest BCUT2D eigenvalue weighted by Gasteiger charge is -2.31. The highest BCUT2D eigenvalue weighted by Gasteiger charge is 2.30. The molecule has 9 heteroatoms. The molecule has 4 amide bonds. The standard InChI is InChI=1S/C31H39N5O4/c1-3-32-31(39)36(20-23-10-5-4-6-11-23)34-30(38)28(19-24-15-16-25-12-7-8-13-26(25)18-24)35(2)29(37)22-40-21-27-14-9-17-33-27/h4-8,10-13,15-16,18,27-28,33H,3,9,14,17,19-22H2,1-2H3,(H,32,39)(H,34,38)/t27-,28+/m0/s1. The second kappa shape index (κ2) is 14.4. The van der Waals surface area contributed by atoms with Crippen molar-refractivity contribution in [1.29, 1.82) is 0 Å². The number of rotatable bonds is 11. The van der Waals surface area contributed by atoms with Gasteiger partial charge in [0.2, 0.25) is 5.91 Å². The first-order valence-electron chi connectivity index (χ1n) is 13.9. The number of carbonyl (C=O) groups is 3. The number of nitrogens with zero attached hydrogens (tertiary/aromatic N) is 2. The minimum absolute atomic E-state index is 0.125. The maximum absolute atomic E-state index is 13.8. The van der Waals surface area contributed by atoms with Gasteiger partial charge < -0.3 is 20.3 Å². The Kier molecular flexibility index (Phi) is 10.5. The summed E-state index contributed by atoms with van der Waals surface area (Å²) in [6, 6.07) is 22.4. The van der Waals surface area contributed by atoms with Crippen LogP contribution in [0.4, 0.5) is 4.79 Å². The molecule has 9 nitrogen and oxygen atoms in total. The van der Waals surface area contributed by atoms with Gasteiger partial charge >= 0.3 is 6.03 Å². The topological polar surface area (TPSA) is 103 Å². The summed E-state index contributed by atoms with van der Waals surface area (Å²) in [6.45, 7) is 3.68. The zero-order valence-electron chi connectivity index (χ0n) is 23.3. The molecular weight excluding hydrogens is 506 g/mol. The van der Waals surface area contributed by atoms with E-state index in [4.69, 9.17) is 4.74 Å². The number of likely N-dealkylation sites (N-methyl/N-ethyl adjacent to an activating group) is 1. The van der Waals surface area contributed by atoms with Crippen LogP contribution in [0.1, 0.15) is 30.9 Å². The number of urea groups is 1. The summed E-state index contributed by atoms with van der Waals surface area (Å²) < 4.78 is 5.71. The number of benzene rings is 3. The smallest absolute Gasteiger partial charge is 0.336 e. The molecule has 0 saturated carbocycles. The third-order valence-corrected chi connectivity index (χ3v) is 7.12. The Balaban J connectivity index is 1.52. The average molecular weight is 546 g/mol. The van der Waals surface area contributed by atoms with Gasteiger partial charge in [-0.3, -0.25) is 15.0 Å². The number of hydrogen-bond donors (Lipinski definition) is 3. The van der Waals surface area contributed by atoms with E-state index in [-0.39, 0.29) is 31.5 Å². The van der Waals surface area contributed by atoms with Crippen molar-refractivity contribution in [3.63, 3.8) is 0 Å². The number of ether oxygens (including phenoxy) is 1. The van der Waals surface area contributed by atoms with E-state index in [1.807, 2.05) is 79.7 Å². The predicted octanol–water partition coefficient (Wildman–Crippen LogP) is 3.24. The van der Waals surface area contributed by atoms with Gasteiger partial charge in [0.05, 0.1) is 13.2 Å². The van der Waals surface area contributed by atoms with Crippen molar-refractivity contribution in [2.24, 2.45) is 0 Å². The summed E-state index contributed by atoms with van der Waals surface area (Å²) in [6.07, 6.45) is 2.40. The molecule has 4 rings (SSSR count). The lowest BCUT2D eigenvalue weighted by molar-refractivity contribution is -0.144. The van der Waals surface area contributed by atoms with E-state index < -0.39 is 18.0 Å². The Bertz CT molecular complexity index is 1280. The second-order valence-corrected chi connectivity index (χ2v) is 10.1. The van der Waals surface area contributed by atoms with Crippen LogP contribution in [0.15, 0.2) is 72.8 Å². The Labute approximate surface area is 235 Å². The molecule has 2 atom stereocenters. The first-order chi connectivity index (χ1) is 19.4. The summed E-state index contributed by atoms with van der Waals surface area (Å²) in [5, 5.41) is 9.51. The fraction of sp³-hybridized carbons (Fsp3) is 0.387. The van der Waals surface area contributed by atoms with E-state index in [9.17, 15) is 14.4 Å². The molecule has 3 aromatic rings. The summed E-state index contributed by atoms with van der Waals surface area (Å²) in [5.41, 5.74) is 4.55. The molecule has 0 bridgehead atoms. The van der Waals surface area contributed by atoms with Crippen molar-refractivity contribution >= 4 is 28.6 Å². The normalized spacial score (nSPS) is 15.4. The first-order valence-corrected chi connectivity index (χ1v) is 13.9. The molecule has 0 unspecified atom stereocenters. The summed E-state index contributed by atoms with van der Waals surface area (Å²) in [7, 11) is 1.61. The van der Waals surface area contributed by atoms with Crippen LogP contribution in [0.3, 0.4) is 0 Å². The van der Waals surface area contributed by atoms with Crippen molar-refractivity contribution in [1.82, 2.24) is 26.0 Å². The number of hydrogen-bond acceptors (Lipinski definition) is 5. The van der Waals surface area contributed by atoms with E-state index in [0.29, 0.717) is 13.2 Å². The molecule has 3 aromatic carbocycles. The Morgan fingerprint density at radius 2 is 1.75 bits per heavy atom.